The van der Waals surface area contributed by atoms with Crippen molar-refractivity contribution in [3.05, 3.63) is 101 Å². The lowest BCUT2D eigenvalue weighted by atomic mass is 10.0. The van der Waals surface area contributed by atoms with Gasteiger partial charge in [0.05, 0.1) is 6.04 Å². The molecular weight excluding hydrogens is 400 g/mol. The van der Waals surface area contributed by atoms with E-state index in [4.69, 9.17) is 0 Å². The maximum absolute atomic E-state index is 13.4. The summed E-state index contributed by atoms with van der Waals surface area (Å²) in [5, 5.41) is 5.14. The van der Waals surface area contributed by atoms with Crippen molar-refractivity contribution in [3.63, 3.8) is 0 Å². The first-order valence-corrected chi connectivity index (χ1v) is 8.86. The van der Waals surface area contributed by atoms with Crippen molar-refractivity contribution in [2.24, 2.45) is 0 Å². The van der Waals surface area contributed by atoms with Gasteiger partial charge in [0.25, 0.3) is 11.8 Å². The molecule has 0 aliphatic rings. The summed E-state index contributed by atoms with van der Waals surface area (Å²) in [5.74, 6) is -5.01. The summed E-state index contributed by atoms with van der Waals surface area (Å²) in [5.41, 5.74) is 0.365. The summed E-state index contributed by atoms with van der Waals surface area (Å²) < 4.78 is 53.5. The highest BCUT2D eigenvalue weighted by molar-refractivity contribution is 6.04. The van der Waals surface area contributed by atoms with E-state index in [1.807, 2.05) is 0 Å². The van der Waals surface area contributed by atoms with Gasteiger partial charge in [0, 0.05) is 28.9 Å². The van der Waals surface area contributed by atoms with E-state index in [1.165, 1.54) is 0 Å². The third kappa shape index (κ3) is 5.02. The Morgan fingerprint density at radius 3 is 1.73 bits per heavy atom. The minimum absolute atomic E-state index is 0.198. The Hall–Kier alpha value is -3.68. The molecule has 1 unspecified atom stereocenters. The second kappa shape index (κ2) is 8.77. The standard InChI is InChI=1S/C22H16F4N2O2/c1-12(27-21(29)13-6-15(23)10-16(24)7-13)19-4-2-3-5-20(19)28-22(30)14-8-17(25)11-18(26)9-14/h2-12H,1H3,(H,27,29)(H,28,30). The molecule has 3 aromatic carbocycles. The molecule has 1 atom stereocenters. The van der Waals surface area contributed by atoms with E-state index in [1.54, 1.807) is 31.2 Å². The monoisotopic (exact) mass is 416 g/mol. The molecular formula is C22H16F4N2O2. The van der Waals surface area contributed by atoms with E-state index >= 15 is 0 Å². The van der Waals surface area contributed by atoms with Gasteiger partial charge in [0.15, 0.2) is 0 Å². The van der Waals surface area contributed by atoms with Crippen LogP contribution in [0, 0.1) is 23.3 Å². The van der Waals surface area contributed by atoms with Crippen LogP contribution in [0.1, 0.15) is 39.2 Å². The lowest BCUT2D eigenvalue weighted by Gasteiger charge is -2.19. The summed E-state index contributed by atoms with van der Waals surface area (Å²) in [6.45, 7) is 1.61. The molecule has 0 aliphatic carbocycles. The van der Waals surface area contributed by atoms with Gasteiger partial charge in [-0.25, -0.2) is 17.6 Å². The lowest BCUT2D eigenvalue weighted by Crippen LogP contribution is -2.28. The van der Waals surface area contributed by atoms with Crippen LogP contribution in [0.4, 0.5) is 23.2 Å². The number of nitrogens with one attached hydrogen (secondary N) is 2. The van der Waals surface area contributed by atoms with Crippen LogP contribution >= 0.6 is 0 Å². The van der Waals surface area contributed by atoms with Crippen LogP contribution in [0.5, 0.6) is 0 Å². The Morgan fingerprint density at radius 2 is 1.20 bits per heavy atom. The van der Waals surface area contributed by atoms with Gasteiger partial charge in [-0.1, -0.05) is 18.2 Å². The molecule has 2 amide bonds. The van der Waals surface area contributed by atoms with Crippen LogP contribution in [-0.2, 0) is 0 Å². The molecule has 0 aromatic heterocycles. The number of carbonyl (C=O) groups is 2. The van der Waals surface area contributed by atoms with Gasteiger partial charge in [-0.15, -0.1) is 0 Å². The van der Waals surface area contributed by atoms with Crippen molar-refractivity contribution in [1.29, 1.82) is 0 Å². The van der Waals surface area contributed by atoms with Gasteiger partial charge in [-0.3, -0.25) is 9.59 Å². The summed E-state index contributed by atoms with van der Waals surface area (Å²) in [6, 6.07) is 10.7. The number of para-hydroxylation sites is 1. The number of amides is 2. The summed E-state index contributed by atoms with van der Waals surface area (Å²) >= 11 is 0. The molecule has 4 nitrogen and oxygen atoms in total. The summed E-state index contributed by atoms with van der Waals surface area (Å²) in [4.78, 5) is 24.7. The average molecular weight is 416 g/mol. The third-order valence-corrected chi connectivity index (χ3v) is 4.27. The molecule has 8 heteroatoms. The molecule has 0 saturated carbocycles. The highest BCUT2D eigenvalue weighted by atomic mass is 19.1. The van der Waals surface area contributed by atoms with E-state index < -0.39 is 41.1 Å². The topological polar surface area (TPSA) is 58.2 Å². The van der Waals surface area contributed by atoms with Crippen molar-refractivity contribution >= 4 is 17.5 Å². The molecule has 2 N–H and O–H groups in total. The Balaban J connectivity index is 1.80. The normalized spacial score (nSPS) is 11.6. The van der Waals surface area contributed by atoms with Crippen molar-refractivity contribution in [2.45, 2.75) is 13.0 Å². The number of rotatable bonds is 5. The van der Waals surface area contributed by atoms with Gasteiger partial charge >= 0.3 is 0 Å². The molecule has 0 aliphatic heterocycles. The maximum Gasteiger partial charge on any atom is 0.255 e. The fourth-order valence-electron chi connectivity index (χ4n) is 2.91. The molecule has 3 rings (SSSR count). The second-order valence-corrected chi connectivity index (χ2v) is 6.55. The number of anilines is 1. The molecule has 0 heterocycles. The number of benzene rings is 3. The molecule has 30 heavy (non-hydrogen) atoms. The fraction of sp³-hybridized carbons (Fsp3) is 0.0909. The Labute approximate surface area is 169 Å². The Kier molecular flexibility index (Phi) is 6.15. The van der Waals surface area contributed by atoms with Crippen molar-refractivity contribution < 1.29 is 27.2 Å². The van der Waals surface area contributed by atoms with E-state index in [0.29, 0.717) is 23.4 Å². The van der Waals surface area contributed by atoms with Crippen LogP contribution in [0.15, 0.2) is 60.7 Å². The van der Waals surface area contributed by atoms with E-state index in [-0.39, 0.29) is 11.1 Å². The van der Waals surface area contributed by atoms with E-state index in [0.717, 1.165) is 24.3 Å². The predicted molar refractivity (Wildman–Crippen MR) is 103 cm³/mol. The zero-order valence-electron chi connectivity index (χ0n) is 15.7. The highest BCUT2D eigenvalue weighted by Crippen LogP contribution is 2.24. The predicted octanol–water partition coefficient (Wildman–Crippen LogP) is 4.99. The molecule has 0 fully saturated rings. The quantitative estimate of drug-likeness (QED) is 0.576. The molecule has 3 aromatic rings. The van der Waals surface area contributed by atoms with Gasteiger partial charge < -0.3 is 10.6 Å². The third-order valence-electron chi connectivity index (χ3n) is 4.27. The zero-order chi connectivity index (χ0) is 21.8. The van der Waals surface area contributed by atoms with Crippen LogP contribution < -0.4 is 10.6 Å². The molecule has 0 saturated heterocycles. The number of hydrogen-bond donors (Lipinski definition) is 2. The first kappa shape index (κ1) is 21.0. The lowest BCUT2D eigenvalue weighted by molar-refractivity contribution is 0.0938. The van der Waals surface area contributed by atoms with Gasteiger partial charge in [0.1, 0.15) is 23.3 Å². The van der Waals surface area contributed by atoms with Crippen LogP contribution in [0.3, 0.4) is 0 Å². The molecule has 0 bridgehead atoms. The smallest absolute Gasteiger partial charge is 0.255 e. The van der Waals surface area contributed by atoms with Crippen LogP contribution in [0.2, 0.25) is 0 Å². The second-order valence-electron chi connectivity index (χ2n) is 6.55. The number of carbonyl (C=O) groups excluding carboxylic acids is 2. The average Bonchev–Trinajstić information content (AvgIpc) is 2.66. The van der Waals surface area contributed by atoms with E-state index in [9.17, 15) is 27.2 Å². The highest BCUT2D eigenvalue weighted by Gasteiger charge is 2.18. The SMILES string of the molecule is CC(NC(=O)c1cc(F)cc(F)c1)c1ccccc1NC(=O)c1cc(F)cc(F)c1. The fourth-order valence-corrected chi connectivity index (χ4v) is 2.91. The summed E-state index contributed by atoms with van der Waals surface area (Å²) in [6.07, 6.45) is 0. The van der Waals surface area contributed by atoms with Crippen molar-refractivity contribution in [1.82, 2.24) is 5.32 Å². The van der Waals surface area contributed by atoms with Gasteiger partial charge in [-0.2, -0.15) is 0 Å². The van der Waals surface area contributed by atoms with Crippen LogP contribution in [-0.4, -0.2) is 11.8 Å². The Morgan fingerprint density at radius 1 is 0.733 bits per heavy atom. The number of hydrogen-bond acceptors (Lipinski definition) is 2. The van der Waals surface area contributed by atoms with E-state index in [2.05, 4.69) is 10.6 Å². The molecule has 0 radical (unpaired) electrons. The van der Waals surface area contributed by atoms with Gasteiger partial charge in [0.2, 0.25) is 0 Å². The first-order valence-electron chi connectivity index (χ1n) is 8.86. The minimum atomic E-state index is -0.892. The summed E-state index contributed by atoms with van der Waals surface area (Å²) in [7, 11) is 0. The Bertz CT molecular complexity index is 1080. The van der Waals surface area contributed by atoms with Crippen molar-refractivity contribution in [2.75, 3.05) is 5.32 Å². The van der Waals surface area contributed by atoms with Gasteiger partial charge in [-0.05, 0) is 42.8 Å². The molecule has 0 spiro atoms. The largest absolute Gasteiger partial charge is 0.345 e. The minimum Gasteiger partial charge on any atom is -0.345 e. The maximum atomic E-state index is 13.4. The van der Waals surface area contributed by atoms with Crippen LogP contribution in [0.25, 0.3) is 0 Å². The molecule has 154 valence electrons. The zero-order valence-corrected chi connectivity index (χ0v) is 15.7. The first-order chi connectivity index (χ1) is 14.2. The number of halogens is 4. The van der Waals surface area contributed by atoms with Crippen molar-refractivity contribution in [3.8, 4) is 0 Å².